The average Bonchev–Trinajstić information content (AvgIpc) is 2.59. The maximum Gasteiger partial charge on any atom is 0.258 e. The van der Waals surface area contributed by atoms with E-state index in [1.165, 1.54) is 11.1 Å². The summed E-state index contributed by atoms with van der Waals surface area (Å²) in [7, 11) is 1.61. The van der Waals surface area contributed by atoms with Gasteiger partial charge >= 0.3 is 0 Å². The quantitative estimate of drug-likeness (QED) is 0.837. The Hall–Kier alpha value is -2.49. The number of hydrogen-bond acceptors (Lipinski definition) is 3. The van der Waals surface area contributed by atoms with Crippen molar-refractivity contribution in [2.45, 2.75) is 33.2 Å². The second-order valence-electron chi connectivity index (χ2n) is 5.85. The summed E-state index contributed by atoms with van der Waals surface area (Å²) in [4.78, 5) is 12.2. The molecule has 2 aromatic carbocycles. The number of benzene rings is 2. The minimum atomic E-state index is -0.127. The third-order valence-corrected chi connectivity index (χ3v) is 3.97. The molecule has 4 nitrogen and oxygen atoms in total. The van der Waals surface area contributed by atoms with Crippen LogP contribution in [0.2, 0.25) is 0 Å². The Morgan fingerprint density at radius 1 is 1.08 bits per heavy atom. The van der Waals surface area contributed by atoms with Crippen molar-refractivity contribution in [2.24, 2.45) is 0 Å². The van der Waals surface area contributed by atoms with Gasteiger partial charge in [0.1, 0.15) is 11.5 Å². The third-order valence-electron chi connectivity index (χ3n) is 3.97. The van der Waals surface area contributed by atoms with E-state index in [1.54, 1.807) is 31.4 Å². The highest BCUT2D eigenvalue weighted by atomic mass is 16.5. The van der Waals surface area contributed by atoms with Crippen molar-refractivity contribution in [2.75, 3.05) is 13.7 Å². The molecule has 1 amide bonds. The topological polar surface area (TPSA) is 47.6 Å². The second kappa shape index (κ2) is 8.39. The molecule has 1 N–H and O–H groups in total. The molecule has 4 heteroatoms. The zero-order valence-corrected chi connectivity index (χ0v) is 14.8. The van der Waals surface area contributed by atoms with Crippen molar-refractivity contribution in [3.8, 4) is 11.5 Å². The number of aryl methyl sites for hydroxylation is 2. The first kappa shape index (κ1) is 17.9. The van der Waals surface area contributed by atoms with Crippen LogP contribution in [0.25, 0.3) is 0 Å². The summed E-state index contributed by atoms with van der Waals surface area (Å²) in [5.74, 6) is 1.27. The maximum atomic E-state index is 12.2. The summed E-state index contributed by atoms with van der Waals surface area (Å²) >= 11 is 0. The summed E-state index contributed by atoms with van der Waals surface area (Å²) in [5.41, 5.74) is 3.57. The van der Waals surface area contributed by atoms with E-state index in [4.69, 9.17) is 9.47 Å². The fourth-order valence-corrected chi connectivity index (χ4v) is 2.67. The monoisotopic (exact) mass is 327 g/mol. The molecular formula is C20H25NO3. The molecule has 0 saturated heterocycles. The predicted molar refractivity (Wildman–Crippen MR) is 95.6 cm³/mol. The van der Waals surface area contributed by atoms with Gasteiger partial charge in [-0.25, -0.2) is 0 Å². The van der Waals surface area contributed by atoms with Crippen LogP contribution in [0.5, 0.6) is 11.5 Å². The Morgan fingerprint density at radius 2 is 1.75 bits per heavy atom. The number of amides is 1. The fourth-order valence-electron chi connectivity index (χ4n) is 2.67. The highest BCUT2D eigenvalue weighted by molar-refractivity contribution is 5.78. The van der Waals surface area contributed by atoms with E-state index in [-0.39, 0.29) is 18.6 Å². The van der Waals surface area contributed by atoms with E-state index >= 15 is 0 Å². The van der Waals surface area contributed by atoms with Gasteiger partial charge in [-0.1, -0.05) is 30.7 Å². The maximum absolute atomic E-state index is 12.2. The summed E-state index contributed by atoms with van der Waals surface area (Å²) in [6.45, 7) is 6.20. The van der Waals surface area contributed by atoms with E-state index in [0.717, 1.165) is 17.7 Å². The largest absolute Gasteiger partial charge is 0.497 e. The zero-order chi connectivity index (χ0) is 17.5. The van der Waals surface area contributed by atoms with Crippen molar-refractivity contribution in [1.82, 2.24) is 5.32 Å². The van der Waals surface area contributed by atoms with Crippen LogP contribution in [0.4, 0.5) is 0 Å². The molecule has 0 fully saturated rings. The standard InChI is InChI=1S/C20H25NO3/c1-5-19(18-11-6-14(2)12-15(18)3)21-20(22)13-24-17-9-7-16(23-4)8-10-17/h6-12,19H,5,13H2,1-4H3,(H,21,22)/t19-/m0/s1. The highest BCUT2D eigenvalue weighted by Gasteiger charge is 2.15. The molecule has 24 heavy (non-hydrogen) atoms. The van der Waals surface area contributed by atoms with Crippen LogP contribution in [-0.4, -0.2) is 19.6 Å². The van der Waals surface area contributed by atoms with Crippen molar-refractivity contribution < 1.29 is 14.3 Å². The van der Waals surface area contributed by atoms with Crippen LogP contribution in [0, 0.1) is 13.8 Å². The molecule has 0 saturated carbocycles. The van der Waals surface area contributed by atoms with Gasteiger partial charge in [0.25, 0.3) is 5.91 Å². The van der Waals surface area contributed by atoms with Crippen LogP contribution in [-0.2, 0) is 4.79 Å². The molecule has 0 bridgehead atoms. The summed E-state index contributed by atoms with van der Waals surface area (Å²) in [5, 5.41) is 3.05. The van der Waals surface area contributed by atoms with Gasteiger partial charge in [0, 0.05) is 0 Å². The zero-order valence-electron chi connectivity index (χ0n) is 14.8. The number of nitrogens with one attached hydrogen (secondary N) is 1. The normalized spacial score (nSPS) is 11.7. The first-order chi connectivity index (χ1) is 11.5. The third kappa shape index (κ3) is 4.75. The van der Waals surface area contributed by atoms with Crippen molar-refractivity contribution in [3.63, 3.8) is 0 Å². The van der Waals surface area contributed by atoms with Crippen molar-refractivity contribution >= 4 is 5.91 Å². The van der Waals surface area contributed by atoms with Gasteiger partial charge in [0.2, 0.25) is 0 Å². The van der Waals surface area contributed by atoms with Crippen LogP contribution >= 0.6 is 0 Å². The Morgan fingerprint density at radius 3 is 2.33 bits per heavy atom. The molecule has 2 aromatic rings. The minimum Gasteiger partial charge on any atom is -0.497 e. The van der Waals surface area contributed by atoms with Crippen LogP contribution < -0.4 is 14.8 Å². The van der Waals surface area contributed by atoms with Crippen LogP contribution in [0.1, 0.15) is 36.1 Å². The van der Waals surface area contributed by atoms with E-state index in [2.05, 4.69) is 44.3 Å². The SMILES string of the molecule is CC[C@H](NC(=O)COc1ccc(OC)cc1)c1ccc(C)cc1C. The van der Waals surface area contributed by atoms with E-state index in [1.807, 2.05) is 0 Å². The molecule has 0 heterocycles. The van der Waals surface area contributed by atoms with Gasteiger partial charge in [-0.3, -0.25) is 4.79 Å². The number of methoxy groups -OCH3 is 1. The summed E-state index contributed by atoms with van der Waals surface area (Å²) in [6, 6.07) is 13.5. The predicted octanol–water partition coefficient (Wildman–Crippen LogP) is 3.96. The first-order valence-corrected chi connectivity index (χ1v) is 8.16. The molecule has 0 aliphatic carbocycles. The Kier molecular flexibility index (Phi) is 6.24. The lowest BCUT2D eigenvalue weighted by molar-refractivity contribution is -0.123. The molecule has 0 radical (unpaired) electrons. The Balaban J connectivity index is 1.93. The number of hydrogen-bond donors (Lipinski definition) is 1. The molecule has 0 aliphatic heterocycles. The lowest BCUT2D eigenvalue weighted by Gasteiger charge is -2.20. The molecule has 1 atom stereocenters. The van der Waals surface area contributed by atoms with E-state index in [9.17, 15) is 4.79 Å². The number of rotatable bonds is 7. The lowest BCUT2D eigenvalue weighted by atomic mass is 9.97. The average molecular weight is 327 g/mol. The van der Waals surface area contributed by atoms with Gasteiger partial charge in [-0.05, 0) is 55.7 Å². The highest BCUT2D eigenvalue weighted by Crippen LogP contribution is 2.22. The molecule has 128 valence electrons. The fraction of sp³-hybridized carbons (Fsp3) is 0.350. The van der Waals surface area contributed by atoms with Gasteiger partial charge < -0.3 is 14.8 Å². The van der Waals surface area contributed by atoms with Gasteiger partial charge in [-0.2, -0.15) is 0 Å². The minimum absolute atomic E-state index is 0.00225. The van der Waals surface area contributed by atoms with Gasteiger partial charge in [0.15, 0.2) is 6.61 Å². The number of ether oxygens (including phenoxy) is 2. The molecule has 0 aromatic heterocycles. The molecule has 0 spiro atoms. The number of carbonyl (C=O) groups excluding carboxylic acids is 1. The summed E-state index contributed by atoms with van der Waals surface area (Å²) < 4.78 is 10.6. The molecule has 0 aliphatic rings. The second-order valence-corrected chi connectivity index (χ2v) is 5.85. The number of carbonyl (C=O) groups is 1. The van der Waals surface area contributed by atoms with Crippen LogP contribution in [0.3, 0.4) is 0 Å². The molecular weight excluding hydrogens is 302 g/mol. The summed E-state index contributed by atoms with van der Waals surface area (Å²) in [6.07, 6.45) is 0.832. The van der Waals surface area contributed by atoms with Crippen molar-refractivity contribution in [3.05, 3.63) is 59.2 Å². The van der Waals surface area contributed by atoms with Crippen molar-refractivity contribution in [1.29, 1.82) is 0 Å². The van der Waals surface area contributed by atoms with Gasteiger partial charge in [-0.15, -0.1) is 0 Å². The Labute approximate surface area is 143 Å². The molecule has 0 unspecified atom stereocenters. The lowest BCUT2D eigenvalue weighted by Crippen LogP contribution is -2.32. The van der Waals surface area contributed by atoms with E-state index in [0.29, 0.717) is 5.75 Å². The van der Waals surface area contributed by atoms with Crippen LogP contribution in [0.15, 0.2) is 42.5 Å². The smallest absolute Gasteiger partial charge is 0.258 e. The first-order valence-electron chi connectivity index (χ1n) is 8.16. The molecule has 2 rings (SSSR count). The Bertz CT molecular complexity index is 680. The van der Waals surface area contributed by atoms with Gasteiger partial charge in [0.05, 0.1) is 13.2 Å². The van der Waals surface area contributed by atoms with E-state index < -0.39 is 0 Å².